The van der Waals surface area contributed by atoms with Crippen LogP contribution in [0.3, 0.4) is 0 Å². The van der Waals surface area contributed by atoms with Crippen molar-refractivity contribution in [3.63, 3.8) is 0 Å². The molecule has 0 aliphatic heterocycles. The molecule has 0 radical (unpaired) electrons. The zero-order valence-electron chi connectivity index (χ0n) is 12.2. The van der Waals surface area contributed by atoms with Crippen molar-refractivity contribution < 1.29 is 4.74 Å². The predicted molar refractivity (Wildman–Crippen MR) is 83.5 cm³/mol. The normalized spacial score (nSPS) is 14.4. The molecular formula is C14H19N5OS. The van der Waals surface area contributed by atoms with Gasteiger partial charge in [0.2, 0.25) is 11.9 Å². The summed E-state index contributed by atoms with van der Waals surface area (Å²) < 4.78 is 5.55. The molecule has 0 atom stereocenters. The van der Waals surface area contributed by atoms with E-state index in [1.807, 2.05) is 13.8 Å². The van der Waals surface area contributed by atoms with Gasteiger partial charge in [-0.1, -0.05) is 6.07 Å². The Morgan fingerprint density at radius 2 is 2.19 bits per heavy atom. The third-order valence-electron chi connectivity index (χ3n) is 3.11. The lowest BCUT2D eigenvalue weighted by Gasteiger charge is -2.22. The van der Waals surface area contributed by atoms with Crippen molar-refractivity contribution in [2.45, 2.75) is 45.4 Å². The van der Waals surface area contributed by atoms with Gasteiger partial charge in [-0.3, -0.25) is 0 Å². The molecule has 2 aromatic heterocycles. The maximum atomic E-state index is 5.80. The van der Waals surface area contributed by atoms with Crippen LogP contribution in [-0.2, 0) is 6.54 Å². The van der Waals surface area contributed by atoms with E-state index in [0.717, 1.165) is 19.4 Å². The van der Waals surface area contributed by atoms with E-state index in [-0.39, 0.29) is 12.1 Å². The highest BCUT2D eigenvalue weighted by Crippen LogP contribution is 2.32. The number of rotatable bonds is 6. The van der Waals surface area contributed by atoms with Crippen LogP contribution in [-0.4, -0.2) is 27.1 Å². The monoisotopic (exact) mass is 305 g/mol. The minimum atomic E-state index is 0.00585. The summed E-state index contributed by atoms with van der Waals surface area (Å²) in [5.74, 6) is 0.807. The van der Waals surface area contributed by atoms with Gasteiger partial charge >= 0.3 is 6.01 Å². The van der Waals surface area contributed by atoms with Gasteiger partial charge in [0.1, 0.15) is 0 Å². The first-order valence-electron chi connectivity index (χ1n) is 7.09. The minimum Gasteiger partial charge on any atom is -0.461 e. The maximum absolute atomic E-state index is 5.80. The number of anilines is 2. The van der Waals surface area contributed by atoms with E-state index < -0.39 is 0 Å². The van der Waals surface area contributed by atoms with Crippen LogP contribution in [0.25, 0.3) is 0 Å². The second-order valence-corrected chi connectivity index (χ2v) is 6.41. The summed E-state index contributed by atoms with van der Waals surface area (Å²) in [7, 11) is 0. The standard InChI is InChI=1S/C14H19N5OS/c1-9(2)20-14-17-12(15)16-13(18-14)19(10-5-6-10)8-11-4-3-7-21-11/h3-4,7,9-10H,5-6,8H2,1-2H3,(H2,15,16,17,18). The molecule has 0 amide bonds. The van der Waals surface area contributed by atoms with Gasteiger partial charge in [-0.05, 0) is 38.1 Å². The highest BCUT2D eigenvalue weighted by atomic mass is 32.1. The lowest BCUT2D eigenvalue weighted by atomic mass is 10.4. The van der Waals surface area contributed by atoms with Gasteiger partial charge in [0.25, 0.3) is 0 Å². The van der Waals surface area contributed by atoms with E-state index in [2.05, 4.69) is 37.4 Å². The molecule has 0 aromatic carbocycles. The average molecular weight is 305 g/mol. The highest BCUT2D eigenvalue weighted by molar-refractivity contribution is 7.09. The fraction of sp³-hybridized carbons (Fsp3) is 0.500. The van der Waals surface area contributed by atoms with Crippen LogP contribution in [0.15, 0.2) is 17.5 Å². The summed E-state index contributed by atoms with van der Waals surface area (Å²) in [5, 5.41) is 2.08. The molecule has 1 fully saturated rings. The first-order valence-corrected chi connectivity index (χ1v) is 7.97. The van der Waals surface area contributed by atoms with Gasteiger partial charge in [-0.25, -0.2) is 0 Å². The van der Waals surface area contributed by atoms with Crippen molar-refractivity contribution in [1.82, 2.24) is 15.0 Å². The Morgan fingerprint density at radius 3 is 2.81 bits per heavy atom. The first kappa shape index (κ1) is 14.1. The Kier molecular flexibility index (Phi) is 3.92. The number of nitrogens with zero attached hydrogens (tertiary/aromatic N) is 4. The molecule has 0 unspecified atom stereocenters. The maximum Gasteiger partial charge on any atom is 0.323 e. The molecule has 1 aliphatic carbocycles. The van der Waals surface area contributed by atoms with Gasteiger partial charge < -0.3 is 15.4 Å². The quantitative estimate of drug-likeness (QED) is 0.883. The van der Waals surface area contributed by atoms with Crippen LogP contribution in [0.4, 0.5) is 11.9 Å². The van der Waals surface area contributed by atoms with Crippen molar-refractivity contribution in [2.75, 3.05) is 10.6 Å². The summed E-state index contributed by atoms with van der Waals surface area (Å²) in [5.41, 5.74) is 5.80. The van der Waals surface area contributed by atoms with Crippen molar-refractivity contribution in [1.29, 1.82) is 0 Å². The Balaban J connectivity index is 1.86. The number of hydrogen-bond acceptors (Lipinski definition) is 7. The fourth-order valence-electron chi connectivity index (χ4n) is 2.07. The summed E-state index contributed by atoms with van der Waals surface area (Å²) >= 11 is 1.73. The second-order valence-electron chi connectivity index (χ2n) is 5.38. The second kappa shape index (κ2) is 5.85. The summed E-state index contributed by atoms with van der Waals surface area (Å²) in [6, 6.07) is 4.96. The lowest BCUT2D eigenvalue weighted by molar-refractivity contribution is 0.222. The third kappa shape index (κ3) is 3.60. The van der Waals surface area contributed by atoms with Crippen LogP contribution in [0.5, 0.6) is 6.01 Å². The number of ether oxygens (including phenoxy) is 1. The van der Waals surface area contributed by atoms with E-state index in [1.54, 1.807) is 11.3 Å². The molecule has 2 N–H and O–H groups in total. The molecule has 7 heteroatoms. The summed E-state index contributed by atoms with van der Waals surface area (Å²) in [6.07, 6.45) is 2.33. The number of thiophene rings is 1. The number of nitrogens with two attached hydrogens (primary N) is 1. The van der Waals surface area contributed by atoms with Gasteiger partial charge in [0, 0.05) is 10.9 Å². The van der Waals surface area contributed by atoms with Gasteiger partial charge in [0.15, 0.2) is 0 Å². The molecule has 2 aromatic rings. The Labute approximate surface area is 128 Å². The molecule has 2 heterocycles. The van der Waals surface area contributed by atoms with Gasteiger partial charge in [0.05, 0.1) is 12.6 Å². The highest BCUT2D eigenvalue weighted by Gasteiger charge is 2.31. The Hall–Kier alpha value is -1.89. The number of nitrogen functional groups attached to an aromatic ring is 1. The van der Waals surface area contributed by atoms with Crippen LogP contribution in [0, 0.1) is 0 Å². The molecule has 0 bridgehead atoms. The van der Waals surface area contributed by atoms with Crippen LogP contribution < -0.4 is 15.4 Å². The third-order valence-corrected chi connectivity index (χ3v) is 3.97. The van der Waals surface area contributed by atoms with E-state index in [4.69, 9.17) is 10.5 Å². The smallest absolute Gasteiger partial charge is 0.323 e. The molecule has 3 rings (SSSR count). The van der Waals surface area contributed by atoms with Crippen LogP contribution in [0.2, 0.25) is 0 Å². The summed E-state index contributed by atoms with van der Waals surface area (Å²) in [4.78, 5) is 16.2. The fourth-order valence-corrected chi connectivity index (χ4v) is 2.78. The molecule has 21 heavy (non-hydrogen) atoms. The SMILES string of the molecule is CC(C)Oc1nc(N)nc(N(Cc2cccs2)C2CC2)n1. The van der Waals surface area contributed by atoms with E-state index in [1.165, 1.54) is 4.88 Å². The predicted octanol–water partition coefficient (Wildman–Crippen LogP) is 2.47. The Bertz CT molecular complexity index is 597. The van der Waals surface area contributed by atoms with Crippen LogP contribution >= 0.6 is 11.3 Å². The average Bonchev–Trinajstić information content (AvgIpc) is 3.11. The van der Waals surface area contributed by atoms with Gasteiger partial charge in [-0.2, -0.15) is 15.0 Å². The summed E-state index contributed by atoms with van der Waals surface area (Å²) in [6.45, 7) is 4.67. The van der Waals surface area contributed by atoms with E-state index >= 15 is 0 Å². The zero-order valence-corrected chi connectivity index (χ0v) is 13.0. The topological polar surface area (TPSA) is 77.2 Å². The molecule has 1 saturated carbocycles. The molecule has 1 aliphatic rings. The first-order chi connectivity index (χ1) is 10.1. The zero-order chi connectivity index (χ0) is 14.8. The minimum absolute atomic E-state index is 0.00585. The van der Waals surface area contributed by atoms with Crippen molar-refractivity contribution in [3.05, 3.63) is 22.4 Å². The lowest BCUT2D eigenvalue weighted by Crippen LogP contribution is -2.27. The molecule has 112 valence electrons. The van der Waals surface area contributed by atoms with E-state index in [0.29, 0.717) is 18.0 Å². The number of hydrogen-bond donors (Lipinski definition) is 1. The van der Waals surface area contributed by atoms with Crippen molar-refractivity contribution >= 4 is 23.2 Å². The molecule has 0 spiro atoms. The van der Waals surface area contributed by atoms with Crippen molar-refractivity contribution in [2.24, 2.45) is 0 Å². The molecular weight excluding hydrogens is 286 g/mol. The molecule has 0 saturated heterocycles. The van der Waals surface area contributed by atoms with Gasteiger partial charge in [-0.15, -0.1) is 11.3 Å². The van der Waals surface area contributed by atoms with Crippen LogP contribution in [0.1, 0.15) is 31.6 Å². The van der Waals surface area contributed by atoms with Crippen molar-refractivity contribution in [3.8, 4) is 6.01 Å². The number of aromatic nitrogens is 3. The largest absolute Gasteiger partial charge is 0.461 e. The Morgan fingerprint density at radius 1 is 1.38 bits per heavy atom. The van der Waals surface area contributed by atoms with E-state index in [9.17, 15) is 0 Å². The molecule has 6 nitrogen and oxygen atoms in total.